The van der Waals surface area contributed by atoms with Crippen LogP contribution in [0.4, 0.5) is 13.2 Å². The van der Waals surface area contributed by atoms with E-state index in [4.69, 9.17) is 4.98 Å². The Labute approximate surface area is 245 Å². The first-order chi connectivity index (χ1) is 20.3. The molecule has 2 aromatic carbocycles. The fourth-order valence-corrected chi connectivity index (χ4v) is 6.54. The van der Waals surface area contributed by atoms with Crippen molar-refractivity contribution in [1.29, 1.82) is 0 Å². The Hall–Kier alpha value is -3.61. The maximum atomic E-state index is 13.3. The van der Waals surface area contributed by atoms with Crippen molar-refractivity contribution < 1.29 is 22.5 Å². The number of hydrogen-bond acceptors (Lipinski definition) is 8. The van der Waals surface area contributed by atoms with Crippen LogP contribution < -0.4 is 10.6 Å². The Kier molecular flexibility index (Phi) is 8.11. The standard InChI is InChI=1S/C30H31F3N6O2S/c31-30(32,33)27-37-25(38-41-27)22-7-4-8-23(15-22)26(40)35-19-29(10-13-39(14-11-29)12-9-20-16-34-17-20)28-36-24(18-42-28)21-5-2-1-3-6-21/h1-8,15,18,20,34H,9-14,16-17,19H2,(H,35,40). The van der Waals surface area contributed by atoms with E-state index in [9.17, 15) is 18.0 Å². The summed E-state index contributed by atoms with van der Waals surface area (Å²) < 4.78 is 43.1. The zero-order valence-electron chi connectivity index (χ0n) is 22.9. The van der Waals surface area contributed by atoms with Gasteiger partial charge in [0.15, 0.2) is 0 Å². The van der Waals surface area contributed by atoms with Gasteiger partial charge in [0.05, 0.1) is 5.69 Å². The number of piperidine rings is 1. The lowest BCUT2D eigenvalue weighted by atomic mass is 9.78. The molecule has 0 saturated carbocycles. The van der Waals surface area contributed by atoms with Gasteiger partial charge in [-0.05, 0) is 70.0 Å². The predicted octanol–water partition coefficient (Wildman–Crippen LogP) is 5.25. The third kappa shape index (κ3) is 6.25. The summed E-state index contributed by atoms with van der Waals surface area (Å²) in [6, 6.07) is 16.3. The van der Waals surface area contributed by atoms with E-state index in [2.05, 4.69) is 35.6 Å². The SMILES string of the molecule is O=C(NCC1(c2nc(-c3ccccc3)cs2)CCN(CCC2CNC2)CC1)c1cccc(-c2noc(C(F)(F)F)n2)c1. The Bertz CT molecular complexity index is 1510. The smallest absolute Gasteiger partial charge is 0.351 e. The van der Waals surface area contributed by atoms with Crippen LogP contribution in [0.1, 0.15) is 40.5 Å². The molecule has 12 heteroatoms. The maximum absolute atomic E-state index is 13.3. The molecule has 0 aliphatic carbocycles. The minimum atomic E-state index is -4.74. The molecule has 2 saturated heterocycles. The van der Waals surface area contributed by atoms with Gasteiger partial charge in [0.1, 0.15) is 5.01 Å². The van der Waals surface area contributed by atoms with Crippen molar-refractivity contribution in [3.8, 4) is 22.6 Å². The Morgan fingerprint density at radius 1 is 1.07 bits per heavy atom. The topological polar surface area (TPSA) is 96.2 Å². The number of carbonyl (C=O) groups excluding carboxylic acids is 1. The third-order valence-electron chi connectivity index (χ3n) is 8.20. The second kappa shape index (κ2) is 11.9. The normalized spacial score (nSPS) is 17.6. The first-order valence-corrected chi connectivity index (χ1v) is 14.9. The van der Waals surface area contributed by atoms with E-state index in [1.807, 2.05) is 30.3 Å². The molecule has 0 bridgehead atoms. The van der Waals surface area contributed by atoms with E-state index >= 15 is 0 Å². The van der Waals surface area contributed by atoms with Crippen molar-refractivity contribution in [2.45, 2.75) is 30.9 Å². The number of nitrogens with zero attached hydrogens (tertiary/aromatic N) is 4. The summed E-state index contributed by atoms with van der Waals surface area (Å²) in [6.07, 6.45) is -1.83. The third-order valence-corrected chi connectivity index (χ3v) is 9.29. The molecule has 220 valence electrons. The molecule has 1 amide bonds. The first-order valence-electron chi connectivity index (χ1n) is 14.0. The number of rotatable bonds is 9. The molecular formula is C30H31F3N6O2S. The largest absolute Gasteiger partial charge is 0.471 e. The zero-order valence-corrected chi connectivity index (χ0v) is 23.7. The molecule has 0 unspecified atom stereocenters. The maximum Gasteiger partial charge on any atom is 0.471 e. The van der Waals surface area contributed by atoms with Crippen molar-refractivity contribution >= 4 is 17.2 Å². The van der Waals surface area contributed by atoms with Gasteiger partial charge in [0.25, 0.3) is 5.91 Å². The average molecular weight is 597 g/mol. The van der Waals surface area contributed by atoms with E-state index in [1.165, 1.54) is 12.5 Å². The van der Waals surface area contributed by atoms with Gasteiger partial charge in [-0.15, -0.1) is 11.3 Å². The summed E-state index contributed by atoms with van der Waals surface area (Å²) in [4.78, 5) is 24.3. The van der Waals surface area contributed by atoms with Gasteiger partial charge in [-0.1, -0.05) is 47.6 Å². The van der Waals surface area contributed by atoms with Crippen LogP contribution in [0.5, 0.6) is 0 Å². The molecule has 0 radical (unpaired) electrons. The number of nitrogens with one attached hydrogen (secondary N) is 2. The predicted molar refractivity (Wildman–Crippen MR) is 153 cm³/mol. The van der Waals surface area contributed by atoms with Gasteiger partial charge < -0.3 is 20.1 Å². The van der Waals surface area contributed by atoms with E-state index in [-0.39, 0.29) is 22.7 Å². The minimum Gasteiger partial charge on any atom is -0.351 e. The van der Waals surface area contributed by atoms with Crippen molar-refractivity contribution in [3.63, 3.8) is 0 Å². The van der Waals surface area contributed by atoms with Crippen molar-refractivity contribution in [3.05, 3.63) is 76.4 Å². The highest BCUT2D eigenvalue weighted by atomic mass is 32.1. The number of likely N-dealkylation sites (tertiary alicyclic amines) is 1. The van der Waals surface area contributed by atoms with Crippen LogP contribution in [0, 0.1) is 5.92 Å². The van der Waals surface area contributed by atoms with Crippen LogP contribution in [0.3, 0.4) is 0 Å². The molecule has 2 aromatic heterocycles. The highest BCUT2D eigenvalue weighted by Gasteiger charge is 2.40. The van der Waals surface area contributed by atoms with Gasteiger partial charge in [-0.2, -0.15) is 18.2 Å². The fraction of sp³-hybridized carbons (Fsp3) is 0.400. The number of amides is 1. The molecule has 0 atom stereocenters. The molecule has 2 fully saturated rings. The van der Waals surface area contributed by atoms with Crippen molar-refractivity contribution in [2.24, 2.45) is 5.92 Å². The molecule has 2 aliphatic rings. The number of thiazole rings is 1. The second-order valence-corrected chi connectivity index (χ2v) is 11.9. The van der Waals surface area contributed by atoms with Crippen LogP contribution in [-0.4, -0.2) is 65.2 Å². The van der Waals surface area contributed by atoms with Gasteiger partial charge in [-0.3, -0.25) is 4.79 Å². The van der Waals surface area contributed by atoms with Crippen molar-refractivity contribution in [2.75, 3.05) is 39.3 Å². The lowest BCUT2D eigenvalue weighted by molar-refractivity contribution is -0.159. The number of hydrogen-bond donors (Lipinski definition) is 2. The molecule has 2 aliphatic heterocycles. The van der Waals surface area contributed by atoms with E-state index in [0.717, 1.165) is 67.7 Å². The van der Waals surface area contributed by atoms with Gasteiger partial charge in [0.2, 0.25) is 5.82 Å². The molecule has 6 rings (SSSR count). The lowest BCUT2D eigenvalue weighted by Crippen LogP contribution is -2.50. The van der Waals surface area contributed by atoms with Crippen LogP contribution in [0.15, 0.2) is 64.5 Å². The Morgan fingerprint density at radius 2 is 1.83 bits per heavy atom. The first kappa shape index (κ1) is 28.5. The molecule has 4 heterocycles. The highest BCUT2D eigenvalue weighted by molar-refractivity contribution is 7.10. The summed E-state index contributed by atoms with van der Waals surface area (Å²) in [5.41, 5.74) is 2.22. The summed E-state index contributed by atoms with van der Waals surface area (Å²) in [5.74, 6) is -1.22. The van der Waals surface area contributed by atoms with Gasteiger partial charge in [-0.25, -0.2) is 4.98 Å². The number of benzene rings is 2. The Morgan fingerprint density at radius 3 is 2.52 bits per heavy atom. The number of carbonyl (C=O) groups is 1. The summed E-state index contributed by atoms with van der Waals surface area (Å²) in [7, 11) is 0. The minimum absolute atomic E-state index is 0.227. The van der Waals surface area contributed by atoms with E-state index < -0.39 is 12.1 Å². The van der Waals surface area contributed by atoms with Gasteiger partial charge >= 0.3 is 12.1 Å². The molecular weight excluding hydrogens is 565 g/mol. The zero-order chi connectivity index (χ0) is 29.2. The van der Waals surface area contributed by atoms with Crippen LogP contribution in [0.25, 0.3) is 22.6 Å². The average Bonchev–Trinajstić information content (AvgIpc) is 3.68. The summed E-state index contributed by atoms with van der Waals surface area (Å²) in [5, 5.41) is 13.0. The lowest BCUT2D eigenvalue weighted by Gasteiger charge is -2.41. The van der Waals surface area contributed by atoms with Crippen molar-refractivity contribution in [1.82, 2.24) is 30.7 Å². The molecule has 42 heavy (non-hydrogen) atoms. The second-order valence-electron chi connectivity index (χ2n) is 11.0. The monoisotopic (exact) mass is 596 g/mol. The molecule has 4 aromatic rings. The number of halogens is 3. The fourth-order valence-electron chi connectivity index (χ4n) is 5.45. The molecule has 2 N–H and O–H groups in total. The molecule has 8 nitrogen and oxygen atoms in total. The van der Waals surface area contributed by atoms with E-state index in [1.54, 1.807) is 29.5 Å². The van der Waals surface area contributed by atoms with Gasteiger partial charge in [0, 0.05) is 34.0 Å². The number of alkyl halides is 3. The quantitative estimate of drug-likeness (QED) is 0.273. The summed E-state index contributed by atoms with van der Waals surface area (Å²) >= 11 is 1.63. The number of aromatic nitrogens is 3. The highest BCUT2D eigenvalue weighted by Crippen LogP contribution is 2.39. The Balaban J connectivity index is 1.18. The summed E-state index contributed by atoms with van der Waals surface area (Å²) in [6.45, 7) is 5.51. The van der Waals surface area contributed by atoms with Crippen LogP contribution in [-0.2, 0) is 11.6 Å². The molecule has 0 spiro atoms. The van der Waals surface area contributed by atoms with Crippen LogP contribution >= 0.6 is 11.3 Å². The van der Waals surface area contributed by atoms with E-state index in [0.29, 0.717) is 12.1 Å². The van der Waals surface area contributed by atoms with Crippen LogP contribution in [0.2, 0.25) is 0 Å².